The summed E-state index contributed by atoms with van der Waals surface area (Å²) < 4.78 is 0. The molecule has 14 heavy (non-hydrogen) atoms. The molecule has 1 heterocycles. The molecule has 76 valence electrons. The quantitative estimate of drug-likeness (QED) is 0.754. The third-order valence-corrected chi connectivity index (χ3v) is 3.22. The number of aromatic nitrogens is 1. The zero-order chi connectivity index (χ0) is 10.2. The molecule has 1 aromatic heterocycles. The van der Waals surface area contributed by atoms with Crippen molar-refractivity contribution in [2.24, 2.45) is 5.73 Å². The van der Waals surface area contributed by atoms with Crippen molar-refractivity contribution in [3.63, 3.8) is 0 Å². The molecule has 1 fully saturated rings. The molecule has 0 unspecified atom stereocenters. The molecule has 1 aromatic rings. The van der Waals surface area contributed by atoms with Gasteiger partial charge in [0.25, 0.3) is 0 Å². The largest absolute Gasteiger partial charge is 0.321 e. The highest BCUT2D eigenvalue weighted by molar-refractivity contribution is 6.32. The Balaban J connectivity index is 2.40. The molecule has 0 saturated heterocycles. The van der Waals surface area contributed by atoms with Crippen molar-refractivity contribution in [2.75, 3.05) is 0 Å². The number of nitrogens with two attached hydrogens (primary N) is 1. The lowest BCUT2D eigenvalue weighted by atomic mass is 9.90. The molecule has 0 atom stereocenters. The molecular weight excluding hydrogens is 219 g/mol. The average molecular weight is 231 g/mol. The first-order valence-corrected chi connectivity index (χ1v) is 5.48. The predicted octanol–water partition coefficient (Wildman–Crippen LogP) is 3.12. The molecule has 0 radical (unpaired) electrons. The van der Waals surface area contributed by atoms with Gasteiger partial charge in [-0.15, -0.1) is 0 Å². The molecule has 0 spiro atoms. The molecule has 1 saturated carbocycles. The fourth-order valence-corrected chi connectivity index (χ4v) is 2.51. The van der Waals surface area contributed by atoms with Gasteiger partial charge in [0.15, 0.2) is 0 Å². The van der Waals surface area contributed by atoms with Crippen molar-refractivity contribution in [3.05, 3.63) is 28.0 Å². The maximum atomic E-state index is 6.27. The summed E-state index contributed by atoms with van der Waals surface area (Å²) in [5.41, 5.74) is 7.05. The zero-order valence-corrected chi connectivity index (χ0v) is 9.28. The monoisotopic (exact) mass is 230 g/mol. The van der Waals surface area contributed by atoms with Crippen LogP contribution in [0.2, 0.25) is 10.3 Å². The summed E-state index contributed by atoms with van der Waals surface area (Å²) in [7, 11) is 0. The van der Waals surface area contributed by atoms with E-state index in [1.54, 1.807) is 0 Å². The topological polar surface area (TPSA) is 38.9 Å². The van der Waals surface area contributed by atoms with E-state index in [1.807, 2.05) is 12.1 Å². The van der Waals surface area contributed by atoms with Crippen molar-refractivity contribution < 1.29 is 0 Å². The van der Waals surface area contributed by atoms with Gasteiger partial charge in [-0.05, 0) is 30.5 Å². The Kier molecular flexibility index (Phi) is 2.69. The smallest absolute Gasteiger partial charge is 0.131 e. The molecule has 2 nitrogen and oxygen atoms in total. The van der Waals surface area contributed by atoms with Gasteiger partial charge < -0.3 is 5.73 Å². The second kappa shape index (κ2) is 3.69. The summed E-state index contributed by atoms with van der Waals surface area (Å²) in [5, 5.41) is 0.841. The number of rotatable bonds is 1. The van der Waals surface area contributed by atoms with Gasteiger partial charge in [0.05, 0.1) is 0 Å². The van der Waals surface area contributed by atoms with Gasteiger partial charge in [0.1, 0.15) is 10.3 Å². The summed E-state index contributed by atoms with van der Waals surface area (Å²) >= 11 is 11.7. The first-order chi connectivity index (χ1) is 6.60. The van der Waals surface area contributed by atoms with E-state index >= 15 is 0 Å². The van der Waals surface area contributed by atoms with Crippen LogP contribution in [0.3, 0.4) is 0 Å². The van der Waals surface area contributed by atoms with Crippen molar-refractivity contribution in [2.45, 2.75) is 31.2 Å². The Bertz CT molecular complexity index is 326. The van der Waals surface area contributed by atoms with Crippen molar-refractivity contribution >= 4 is 23.2 Å². The van der Waals surface area contributed by atoms with Gasteiger partial charge >= 0.3 is 0 Å². The minimum atomic E-state index is -0.240. The average Bonchev–Trinajstić information content (AvgIpc) is 2.52. The van der Waals surface area contributed by atoms with Crippen LogP contribution in [-0.2, 0) is 5.54 Å². The summed E-state index contributed by atoms with van der Waals surface area (Å²) in [6, 6.07) is 3.64. The van der Waals surface area contributed by atoms with E-state index in [0.29, 0.717) is 10.3 Å². The minimum absolute atomic E-state index is 0.240. The van der Waals surface area contributed by atoms with E-state index < -0.39 is 0 Å². The normalized spacial score (nSPS) is 19.9. The van der Waals surface area contributed by atoms with Crippen LogP contribution in [0.5, 0.6) is 0 Å². The van der Waals surface area contributed by atoms with Gasteiger partial charge in [0.2, 0.25) is 0 Å². The lowest BCUT2D eigenvalue weighted by molar-refractivity contribution is 0.461. The predicted molar refractivity (Wildman–Crippen MR) is 58.6 cm³/mol. The molecule has 0 aromatic carbocycles. The lowest BCUT2D eigenvalue weighted by Gasteiger charge is -2.24. The van der Waals surface area contributed by atoms with Crippen LogP contribution in [-0.4, -0.2) is 4.98 Å². The maximum Gasteiger partial charge on any atom is 0.131 e. The number of hydrogen-bond donors (Lipinski definition) is 1. The Labute approximate surface area is 93.4 Å². The molecule has 0 amide bonds. The molecule has 1 aliphatic rings. The Morgan fingerprint density at radius 2 is 1.64 bits per heavy atom. The van der Waals surface area contributed by atoms with Crippen LogP contribution in [0.25, 0.3) is 0 Å². The number of hydrogen-bond acceptors (Lipinski definition) is 2. The third-order valence-electron chi connectivity index (χ3n) is 2.83. The van der Waals surface area contributed by atoms with E-state index in [0.717, 1.165) is 18.4 Å². The number of halogens is 2. The molecule has 2 rings (SSSR count). The highest BCUT2D eigenvalue weighted by atomic mass is 35.5. The van der Waals surface area contributed by atoms with Crippen molar-refractivity contribution in [1.82, 2.24) is 4.98 Å². The van der Waals surface area contributed by atoms with E-state index in [-0.39, 0.29) is 5.54 Å². The van der Waals surface area contributed by atoms with Crippen LogP contribution >= 0.6 is 23.2 Å². The molecule has 4 heteroatoms. The first kappa shape index (κ1) is 10.2. The first-order valence-electron chi connectivity index (χ1n) is 4.73. The van der Waals surface area contributed by atoms with Crippen molar-refractivity contribution in [3.8, 4) is 0 Å². The van der Waals surface area contributed by atoms with Crippen LogP contribution in [0.4, 0.5) is 0 Å². The van der Waals surface area contributed by atoms with E-state index in [1.165, 1.54) is 12.8 Å². The Morgan fingerprint density at radius 1 is 1.14 bits per heavy atom. The highest BCUT2D eigenvalue weighted by Gasteiger charge is 2.31. The Morgan fingerprint density at radius 3 is 2.14 bits per heavy atom. The van der Waals surface area contributed by atoms with Gasteiger partial charge in [-0.25, -0.2) is 4.98 Å². The van der Waals surface area contributed by atoms with Gasteiger partial charge in [-0.3, -0.25) is 0 Å². The van der Waals surface area contributed by atoms with Gasteiger partial charge in [0, 0.05) is 5.54 Å². The number of nitrogens with zero attached hydrogens (tertiary/aromatic N) is 1. The molecule has 1 aliphatic carbocycles. The lowest BCUT2D eigenvalue weighted by Crippen LogP contribution is -2.33. The van der Waals surface area contributed by atoms with E-state index in [2.05, 4.69) is 4.98 Å². The summed E-state index contributed by atoms with van der Waals surface area (Å²) in [6.07, 6.45) is 4.36. The second-order valence-electron chi connectivity index (χ2n) is 3.86. The van der Waals surface area contributed by atoms with Crippen LogP contribution in [0, 0.1) is 0 Å². The maximum absolute atomic E-state index is 6.27. The molecule has 2 N–H and O–H groups in total. The standard InChI is InChI=1S/C10H12Cl2N2/c11-8-5-7(6-9(12)14-8)10(13)3-1-2-4-10/h5-6H,1-4,13H2. The van der Waals surface area contributed by atoms with Crippen LogP contribution in [0.15, 0.2) is 12.1 Å². The van der Waals surface area contributed by atoms with E-state index in [9.17, 15) is 0 Å². The SMILES string of the molecule is NC1(c2cc(Cl)nc(Cl)c2)CCCC1. The zero-order valence-electron chi connectivity index (χ0n) is 7.76. The minimum Gasteiger partial charge on any atom is -0.321 e. The molecule has 0 bridgehead atoms. The fourth-order valence-electron chi connectivity index (χ4n) is 2.05. The van der Waals surface area contributed by atoms with Crippen LogP contribution < -0.4 is 5.73 Å². The third kappa shape index (κ3) is 1.88. The highest BCUT2D eigenvalue weighted by Crippen LogP contribution is 2.37. The van der Waals surface area contributed by atoms with E-state index in [4.69, 9.17) is 28.9 Å². The second-order valence-corrected chi connectivity index (χ2v) is 4.64. The summed E-state index contributed by atoms with van der Waals surface area (Å²) in [4.78, 5) is 3.91. The fraction of sp³-hybridized carbons (Fsp3) is 0.500. The number of pyridine rings is 1. The van der Waals surface area contributed by atoms with Crippen molar-refractivity contribution in [1.29, 1.82) is 0 Å². The summed E-state index contributed by atoms with van der Waals surface area (Å²) in [5.74, 6) is 0. The van der Waals surface area contributed by atoms with Gasteiger partial charge in [-0.1, -0.05) is 36.0 Å². The van der Waals surface area contributed by atoms with Gasteiger partial charge in [-0.2, -0.15) is 0 Å². The molecular formula is C10H12Cl2N2. The Hall–Kier alpha value is -0.310. The van der Waals surface area contributed by atoms with Crippen LogP contribution in [0.1, 0.15) is 31.2 Å². The summed E-state index contributed by atoms with van der Waals surface area (Å²) in [6.45, 7) is 0. The molecule has 0 aliphatic heterocycles.